The molecule has 0 amide bonds. The lowest BCUT2D eigenvalue weighted by atomic mass is 9.77. The first kappa shape index (κ1) is 13.6. The minimum absolute atomic E-state index is 0.726. The van der Waals surface area contributed by atoms with Crippen LogP contribution in [-0.2, 0) is 19.4 Å². The van der Waals surface area contributed by atoms with Crippen molar-refractivity contribution in [3.05, 3.63) is 17.5 Å². The fourth-order valence-corrected chi connectivity index (χ4v) is 3.26. The Hall–Kier alpha value is -0.830. The second-order valence-electron chi connectivity index (χ2n) is 5.54. The van der Waals surface area contributed by atoms with Crippen LogP contribution in [0.15, 0.2) is 6.07 Å². The van der Waals surface area contributed by atoms with E-state index in [1.54, 1.807) is 0 Å². The summed E-state index contributed by atoms with van der Waals surface area (Å²) < 4.78 is 2.18. The second kappa shape index (κ2) is 6.37. The molecule has 1 aliphatic carbocycles. The van der Waals surface area contributed by atoms with Gasteiger partial charge in [0.2, 0.25) is 0 Å². The molecule has 3 heteroatoms. The minimum atomic E-state index is 0.726. The molecule has 102 valence electrons. The first-order valence-corrected chi connectivity index (χ1v) is 7.54. The Morgan fingerprint density at radius 2 is 2.00 bits per heavy atom. The average molecular weight is 249 g/mol. The SMILES string of the molecule is CCc1cc(CC2CCCCC2CN)n(CC)n1. The van der Waals surface area contributed by atoms with Crippen LogP contribution in [0.4, 0.5) is 0 Å². The van der Waals surface area contributed by atoms with Gasteiger partial charge >= 0.3 is 0 Å². The van der Waals surface area contributed by atoms with E-state index in [9.17, 15) is 0 Å². The third-order valence-electron chi connectivity index (χ3n) is 4.42. The standard InChI is InChI=1S/C15H27N3/c1-3-14-10-15(18(4-2)17-14)9-12-7-5-6-8-13(12)11-16/h10,12-13H,3-9,11,16H2,1-2H3. The molecule has 0 radical (unpaired) electrons. The second-order valence-corrected chi connectivity index (χ2v) is 5.54. The summed E-state index contributed by atoms with van der Waals surface area (Å²) in [4.78, 5) is 0. The topological polar surface area (TPSA) is 43.8 Å². The summed E-state index contributed by atoms with van der Waals surface area (Å²) in [6.45, 7) is 6.19. The molecule has 1 saturated carbocycles. The van der Waals surface area contributed by atoms with Crippen molar-refractivity contribution in [2.45, 2.75) is 58.9 Å². The highest BCUT2D eigenvalue weighted by Gasteiger charge is 2.25. The molecule has 0 spiro atoms. The lowest BCUT2D eigenvalue weighted by molar-refractivity contribution is 0.238. The van der Waals surface area contributed by atoms with E-state index in [4.69, 9.17) is 5.73 Å². The van der Waals surface area contributed by atoms with Crippen molar-refractivity contribution >= 4 is 0 Å². The zero-order valence-corrected chi connectivity index (χ0v) is 11.9. The maximum atomic E-state index is 5.93. The molecule has 0 aromatic carbocycles. The summed E-state index contributed by atoms with van der Waals surface area (Å²) in [5, 5.41) is 4.65. The number of nitrogens with zero attached hydrogens (tertiary/aromatic N) is 2. The summed E-state index contributed by atoms with van der Waals surface area (Å²) in [6, 6.07) is 2.30. The molecule has 1 aliphatic rings. The third-order valence-corrected chi connectivity index (χ3v) is 4.42. The number of hydrogen-bond acceptors (Lipinski definition) is 2. The molecule has 0 bridgehead atoms. The Bertz CT molecular complexity index is 370. The molecule has 1 aromatic rings. The van der Waals surface area contributed by atoms with Crippen LogP contribution in [-0.4, -0.2) is 16.3 Å². The highest BCUT2D eigenvalue weighted by atomic mass is 15.3. The zero-order chi connectivity index (χ0) is 13.0. The molecular formula is C15H27N3. The van der Waals surface area contributed by atoms with E-state index in [1.165, 1.54) is 43.5 Å². The molecule has 2 rings (SSSR count). The summed E-state index contributed by atoms with van der Waals surface area (Å²) in [5.74, 6) is 1.50. The summed E-state index contributed by atoms with van der Waals surface area (Å²) in [7, 11) is 0. The van der Waals surface area contributed by atoms with Crippen LogP contribution in [0.5, 0.6) is 0 Å². The first-order valence-electron chi connectivity index (χ1n) is 7.54. The van der Waals surface area contributed by atoms with Gasteiger partial charge in [-0.2, -0.15) is 5.10 Å². The van der Waals surface area contributed by atoms with Gasteiger partial charge < -0.3 is 5.73 Å². The van der Waals surface area contributed by atoms with Crippen molar-refractivity contribution in [2.75, 3.05) is 6.54 Å². The maximum Gasteiger partial charge on any atom is 0.0624 e. The summed E-state index contributed by atoms with van der Waals surface area (Å²) >= 11 is 0. The maximum absolute atomic E-state index is 5.93. The summed E-state index contributed by atoms with van der Waals surface area (Å²) in [6.07, 6.45) is 7.61. The lowest BCUT2D eigenvalue weighted by Crippen LogP contribution is -2.28. The summed E-state index contributed by atoms with van der Waals surface area (Å²) in [5.41, 5.74) is 8.57. The van der Waals surface area contributed by atoms with Gasteiger partial charge in [0.1, 0.15) is 0 Å². The Kier molecular flexibility index (Phi) is 4.81. The van der Waals surface area contributed by atoms with Gasteiger partial charge in [0.25, 0.3) is 0 Å². The van der Waals surface area contributed by atoms with Gasteiger partial charge in [-0.25, -0.2) is 0 Å². The van der Waals surface area contributed by atoms with E-state index in [-0.39, 0.29) is 0 Å². The smallest absolute Gasteiger partial charge is 0.0624 e. The number of aryl methyl sites for hydroxylation is 2. The van der Waals surface area contributed by atoms with Gasteiger partial charge in [-0.05, 0) is 57.1 Å². The molecule has 1 aromatic heterocycles. The molecule has 0 aliphatic heterocycles. The lowest BCUT2D eigenvalue weighted by Gasteiger charge is -2.30. The normalized spacial score (nSPS) is 24.4. The number of aromatic nitrogens is 2. The molecular weight excluding hydrogens is 222 g/mol. The highest BCUT2D eigenvalue weighted by molar-refractivity contribution is 5.11. The first-order chi connectivity index (χ1) is 8.78. The highest BCUT2D eigenvalue weighted by Crippen LogP contribution is 2.32. The van der Waals surface area contributed by atoms with Crippen LogP contribution in [0.3, 0.4) is 0 Å². The van der Waals surface area contributed by atoms with E-state index in [0.29, 0.717) is 0 Å². The van der Waals surface area contributed by atoms with Crippen molar-refractivity contribution in [3.63, 3.8) is 0 Å². The molecule has 1 heterocycles. The molecule has 2 atom stereocenters. The number of hydrogen-bond donors (Lipinski definition) is 1. The van der Waals surface area contributed by atoms with Crippen LogP contribution in [0.1, 0.15) is 50.9 Å². The van der Waals surface area contributed by atoms with Crippen LogP contribution in [0, 0.1) is 11.8 Å². The van der Waals surface area contributed by atoms with Gasteiger partial charge in [-0.15, -0.1) is 0 Å². The van der Waals surface area contributed by atoms with Gasteiger partial charge in [0, 0.05) is 12.2 Å². The van der Waals surface area contributed by atoms with Crippen molar-refractivity contribution in [1.82, 2.24) is 9.78 Å². The van der Waals surface area contributed by atoms with Crippen molar-refractivity contribution in [3.8, 4) is 0 Å². The van der Waals surface area contributed by atoms with E-state index in [1.807, 2.05) is 0 Å². The fraction of sp³-hybridized carbons (Fsp3) is 0.800. The van der Waals surface area contributed by atoms with Crippen LogP contribution in [0.2, 0.25) is 0 Å². The molecule has 18 heavy (non-hydrogen) atoms. The van der Waals surface area contributed by atoms with Gasteiger partial charge in [-0.3, -0.25) is 4.68 Å². The Morgan fingerprint density at radius 3 is 2.61 bits per heavy atom. The molecule has 3 nitrogen and oxygen atoms in total. The minimum Gasteiger partial charge on any atom is -0.330 e. The fourth-order valence-electron chi connectivity index (χ4n) is 3.26. The van der Waals surface area contributed by atoms with E-state index in [2.05, 4.69) is 29.7 Å². The Morgan fingerprint density at radius 1 is 1.28 bits per heavy atom. The van der Waals surface area contributed by atoms with Crippen LogP contribution >= 0.6 is 0 Å². The van der Waals surface area contributed by atoms with Crippen LogP contribution < -0.4 is 5.73 Å². The predicted octanol–water partition coefficient (Wildman–Crippen LogP) is 2.77. The van der Waals surface area contributed by atoms with Crippen LogP contribution in [0.25, 0.3) is 0 Å². The Balaban J connectivity index is 2.09. The van der Waals surface area contributed by atoms with Crippen molar-refractivity contribution < 1.29 is 0 Å². The molecule has 2 N–H and O–H groups in total. The molecule has 0 saturated heterocycles. The number of nitrogens with two attached hydrogens (primary N) is 1. The Labute approximate surface area is 111 Å². The number of rotatable bonds is 5. The van der Waals surface area contributed by atoms with Gasteiger partial charge in [0.15, 0.2) is 0 Å². The van der Waals surface area contributed by atoms with Crippen molar-refractivity contribution in [1.29, 1.82) is 0 Å². The van der Waals surface area contributed by atoms with E-state index >= 15 is 0 Å². The third kappa shape index (κ3) is 2.94. The monoisotopic (exact) mass is 249 g/mol. The zero-order valence-electron chi connectivity index (χ0n) is 11.9. The average Bonchev–Trinajstić information content (AvgIpc) is 2.81. The van der Waals surface area contributed by atoms with Gasteiger partial charge in [0.05, 0.1) is 5.69 Å². The predicted molar refractivity (Wildman–Crippen MR) is 75.5 cm³/mol. The largest absolute Gasteiger partial charge is 0.330 e. The van der Waals surface area contributed by atoms with E-state index in [0.717, 1.165) is 31.3 Å². The quantitative estimate of drug-likeness (QED) is 0.872. The van der Waals surface area contributed by atoms with Gasteiger partial charge in [-0.1, -0.05) is 19.8 Å². The molecule has 2 unspecified atom stereocenters. The van der Waals surface area contributed by atoms with Crippen molar-refractivity contribution in [2.24, 2.45) is 17.6 Å². The molecule has 1 fully saturated rings. The van der Waals surface area contributed by atoms with E-state index < -0.39 is 0 Å².